The summed E-state index contributed by atoms with van der Waals surface area (Å²) >= 11 is 5.57. The monoisotopic (exact) mass is 283 g/mol. The fourth-order valence-corrected chi connectivity index (χ4v) is 1.70. The molecule has 0 saturated heterocycles. The second kappa shape index (κ2) is 5.15. The molecule has 0 bridgehead atoms. The van der Waals surface area contributed by atoms with Crippen LogP contribution in [-0.4, -0.2) is 14.5 Å². The summed E-state index contributed by atoms with van der Waals surface area (Å²) in [6, 6.07) is 3.44. The van der Waals surface area contributed by atoms with Crippen molar-refractivity contribution in [2.24, 2.45) is 0 Å². The number of aromatic nitrogens is 2. The first-order valence-electron chi connectivity index (χ1n) is 5.13. The molecule has 2 rings (SSSR count). The Morgan fingerprint density at radius 1 is 1.47 bits per heavy atom. The SMILES string of the molecule is O=c1c(Cl)nccn1Cc1ccc([N+](=O)[O-])c(F)c1. The smallest absolute Gasteiger partial charge is 0.304 e. The van der Waals surface area contributed by atoms with Gasteiger partial charge in [-0.1, -0.05) is 17.7 Å². The van der Waals surface area contributed by atoms with Crippen molar-refractivity contribution in [3.8, 4) is 0 Å². The van der Waals surface area contributed by atoms with E-state index in [1.807, 2.05) is 0 Å². The van der Waals surface area contributed by atoms with Crippen LogP contribution in [-0.2, 0) is 6.54 Å². The van der Waals surface area contributed by atoms with Crippen LogP contribution in [0.5, 0.6) is 0 Å². The second-order valence-electron chi connectivity index (χ2n) is 3.69. The summed E-state index contributed by atoms with van der Waals surface area (Å²) in [5, 5.41) is 10.3. The number of benzene rings is 1. The molecule has 0 aliphatic carbocycles. The predicted molar refractivity (Wildman–Crippen MR) is 65.7 cm³/mol. The van der Waals surface area contributed by atoms with Gasteiger partial charge in [0.25, 0.3) is 5.56 Å². The van der Waals surface area contributed by atoms with Crippen LogP contribution in [0.15, 0.2) is 35.4 Å². The van der Waals surface area contributed by atoms with Crippen molar-refractivity contribution >= 4 is 17.3 Å². The molecule has 0 N–H and O–H groups in total. The van der Waals surface area contributed by atoms with E-state index in [-0.39, 0.29) is 11.7 Å². The molecular formula is C11H7ClFN3O3. The number of nitro groups is 1. The molecule has 98 valence electrons. The van der Waals surface area contributed by atoms with Gasteiger partial charge >= 0.3 is 5.69 Å². The van der Waals surface area contributed by atoms with E-state index in [0.29, 0.717) is 5.56 Å². The van der Waals surface area contributed by atoms with E-state index in [0.717, 1.165) is 12.1 Å². The largest absolute Gasteiger partial charge is 0.307 e. The summed E-state index contributed by atoms with van der Waals surface area (Å²) in [6.07, 6.45) is 2.74. The van der Waals surface area contributed by atoms with Crippen molar-refractivity contribution < 1.29 is 9.31 Å². The normalized spacial score (nSPS) is 10.4. The lowest BCUT2D eigenvalue weighted by Crippen LogP contribution is -2.21. The lowest BCUT2D eigenvalue weighted by Gasteiger charge is -2.05. The van der Waals surface area contributed by atoms with Gasteiger partial charge in [0, 0.05) is 18.5 Å². The zero-order chi connectivity index (χ0) is 14.0. The van der Waals surface area contributed by atoms with Crippen molar-refractivity contribution in [1.82, 2.24) is 9.55 Å². The van der Waals surface area contributed by atoms with E-state index in [2.05, 4.69) is 4.98 Å². The summed E-state index contributed by atoms with van der Waals surface area (Å²) in [7, 11) is 0. The maximum absolute atomic E-state index is 13.4. The van der Waals surface area contributed by atoms with Crippen LogP contribution in [0, 0.1) is 15.9 Å². The van der Waals surface area contributed by atoms with Gasteiger partial charge in [-0.15, -0.1) is 0 Å². The summed E-state index contributed by atoms with van der Waals surface area (Å²) in [5.41, 5.74) is -0.709. The van der Waals surface area contributed by atoms with Crippen molar-refractivity contribution in [1.29, 1.82) is 0 Å². The average molecular weight is 284 g/mol. The van der Waals surface area contributed by atoms with E-state index in [4.69, 9.17) is 11.6 Å². The first kappa shape index (κ1) is 13.2. The first-order chi connectivity index (χ1) is 8.99. The average Bonchev–Trinajstić information content (AvgIpc) is 2.34. The molecule has 19 heavy (non-hydrogen) atoms. The lowest BCUT2D eigenvalue weighted by atomic mass is 10.2. The van der Waals surface area contributed by atoms with Crippen LogP contribution in [0.2, 0.25) is 5.15 Å². The molecule has 2 aromatic rings. The van der Waals surface area contributed by atoms with Crippen molar-refractivity contribution in [2.75, 3.05) is 0 Å². The molecule has 0 atom stereocenters. The molecule has 0 saturated carbocycles. The second-order valence-corrected chi connectivity index (χ2v) is 4.05. The van der Waals surface area contributed by atoms with Crippen LogP contribution in [0.1, 0.15) is 5.56 Å². The highest BCUT2D eigenvalue weighted by Gasteiger charge is 2.14. The van der Waals surface area contributed by atoms with Crippen molar-refractivity contribution in [3.63, 3.8) is 0 Å². The fourth-order valence-electron chi connectivity index (χ4n) is 1.54. The summed E-state index contributed by atoms with van der Waals surface area (Å²) in [4.78, 5) is 24.9. The van der Waals surface area contributed by atoms with Gasteiger partial charge in [0.1, 0.15) is 0 Å². The van der Waals surface area contributed by atoms with E-state index >= 15 is 0 Å². The number of halogens is 2. The molecule has 0 aliphatic rings. The van der Waals surface area contributed by atoms with E-state index in [9.17, 15) is 19.3 Å². The standard InChI is InChI=1S/C11H7ClFN3O3/c12-10-11(17)15(4-3-14-10)6-7-1-2-9(16(18)19)8(13)5-7/h1-5H,6H2. The molecule has 0 fully saturated rings. The zero-order valence-electron chi connectivity index (χ0n) is 9.42. The Morgan fingerprint density at radius 2 is 2.21 bits per heavy atom. The Hall–Kier alpha value is -2.28. The van der Waals surface area contributed by atoms with Crippen LogP contribution >= 0.6 is 11.6 Å². The van der Waals surface area contributed by atoms with Crippen LogP contribution in [0.25, 0.3) is 0 Å². The molecule has 1 aromatic heterocycles. The van der Waals surface area contributed by atoms with Crippen molar-refractivity contribution in [3.05, 3.63) is 67.6 Å². The lowest BCUT2D eigenvalue weighted by molar-refractivity contribution is -0.387. The number of hydrogen-bond donors (Lipinski definition) is 0. The molecule has 0 spiro atoms. The molecule has 0 amide bonds. The van der Waals surface area contributed by atoms with Gasteiger partial charge in [-0.2, -0.15) is 4.39 Å². The van der Waals surface area contributed by atoms with Crippen molar-refractivity contribution in [2.45, 2.75) is 6.54 Å². The van der Waals surface area contributed by atoms with E-state index < -0.39 is 22.0 Å². The number of hydrogen-bond acceptors (Lipinski definition) is 4. The molecular weight excluding hydrogens is 277 g/mol. The summed E-state index contributed by atoms with van der Waals surface area (Å²) in [5.74, 6) is -0.948. The van der Waals surface area contributed by atoms with E-state index in [1.165, 1.54) is 23.0 Å². The molecule has 0 radical (unpaired) electrons. The molecule has 6 nitrogen and oxygen atoms in total. The van der Waals surface area contributed by atoms with Gasteiger partial charge < -0.3 is 4.57 Å². The van der Waals surface area contributed by atoms with Gasteiger partial charge in [0.15, 0.2) is 5.15 Å². The minimum Gasteiger partial charge on any atom is -0.307 e. The minimum atomic E-state index is -0.948. The minimum absolute atomic E-state index is 0.0516. The third-order valence-electron chi connectivity index (χ3n) is 2.43. The molecule has 0 unspecified atom stereocenters. The Morgan fingerprint density at radius 3 is 2.84 bits per heavy atom. The van der Waals surface area contributed by atoms with Crippen LogP contribution in [0.4, 0.5) is 10.1 Å². The van der Waals surface area contributed by atoms with Gasteiger partial charge in [0.2, 0.25) is 5.82 Å². The Balaban J connectivity index is 2.34. The predicted octanol–water partition coefficient (Wildman–Crippen LogP) is 1.99. The third-order valence-corrected chi connectivity index (χ3v) is 2.69. The summed E-state index contributed by atoms with van der Waals surface area (Å²) < 4.78 is 14.6. The Labute approximate surface area is 111 Å². The highest BCUT2D eigenvalue weighted by Crippen LogP contribution is 2.18. The molecule has 1 aromatic carbocycles. The quantitative estimate of drug-likeness (QED) is 0.637. The Bertz CT molecular complexity index is 702. The molecule has 0 aliphatic heterocycles. The zero-order valence-corrected chi connectivity index (χ0v) is 10.2. The maximum Gasteiger partial charge on any atom is 0.304 e. The van der Waals surface area contributed by atoms with Crippen LogP contribution < -0.4 is 5.56 Å². The number of nitrogens with zero attached hydrogens (tertiary/aromatic N) is 3. The highest BCUT2D eigenvalue weighted by molar-refractivity contribution is 6.29. The third kappa shape index (κ3) is 2.76. The van der Waals surface area contributed by atoms with Gasteiger partial charge in [-0.3, -0.25) is 14.9 Å². The van der Waals surface area contributed by atoms with E-state index in [1.54, 1.807) is 0 Å². The molecule has 8 heteroatoms. The van der Waals surface area contributed by atoms with Gasteiger partial charge in [0.05, 0.1) is 11.5 Å². The number of rotatable bonds is 3. The molecule has 1 heterocycles. The maximum atomic E-state index is 13.4. The topological polar surface area (TPSA) is 78.0 Å². The summed E-state index contributed by atoms with van der Waals surface area (Å²) in [6.45, 7) is 0.0516. The van der Waals surface area contributed by atoms with Crippen LogP contribution in [0.3, 0.4) is 0 Å². The highest BCUT2D eigenvalue weighted by atomic mass is 35.5. The van der Waals surface area contributed by atoms with Gasteiger partial charge in [-0.25, -0.2) is 4.98 Å². The Kier molecular flexibility index (Phi) is 3.57. The van der Waals surface area contributed by atoms with Gasteiger partial charge in [-0.05, 0) is 11.6 Å². The first-order valence-corrected chi connectivity index (χ1v) is 5.50. The fraction of sp³-hybridized carbons (Fsp3) is 0.0909. The number of nitro benzene ring substituents is 1.